The van der Waals surface area contributed by atoms with E-state index in [1.165, 1.54) is 0 Å². The molecule has 4 heteroatoms. The van der Waals surface area contributed by atoms with Gasteiger partial charge < -0.3 is 4.55 Å². The van der Waals surface area contributed by atoms with Crippen molar-refractivity contribution in [1.29, 1.82) is 0 Å². The minimum absolute atomic E-state index is 0.159. The number of rotatable bonds is 4. The first-order valence-electron chi connectivity index (χ1n) is 3.70. The summed E-state index contributed by atoms with van der Waals surface area (Å²) in [6.07, 6.45) is 4.83. The third-order valence-electron chi connectivity index (χ3n) is 2.13. The van der Waals surface area contributed by atoms with E-state index in [1.54, 1.807) is 0 Å². The first-order valence-corrected chi connectivity index (χ1v) is 4.78. The fourth-order valence-corrected chi connectivity index (χ4v) is 1.90. The van der Waals surface area contributed by atoms with Crippen molar-refractivity contribution in [3.8, 4) is 0 Å². The van der Waals surface area contributed by atoms with Crippen molar-refractivity contribution < 1.29 is 8.76 Å². The highest BCUT2D eigenvalue weighted by Gasteiger charge is 2.29. The molecule has 0 amide bonds. The van der Waals surface area contributed by atoms with Gasteiger partial charge in [0.15, 0.2) is 0 Å². The Morgan fingerprint density at radius 2 is 2.45 bits per heavy atom. The number of nitrogens with one attached hydrogen (secondary N) is 1. The van der Waals surface area contributed by atoms with Crippen molar-refractivity contribution in [2.45, 2.75) is 25.3 Å². The summed E-state index contributed by atoms with van der Waals surface area (Å²) in [5.74, 6) is 0.477. The number of allylic oxidation sites excluding steroid dienone is 1. The van der Waals surface area contributed by atoms with Crippen molar-refractivity contribution >= 4 is 11.3 Å². The van der Waals surface area contributed by atoms with Gasteiger partial charge in [-0.25, -0.2) is 4.72 Å². The van der Waals surface area contributed by atoms with Gasteiger partial charge in [0.2, 0.25) is 0 Å². The van der Waals surface area contributed by atoms with Gasteiger partial charge in [0.05, 0.1) is 0 Å². The summed E-state index contributed by atoms with van der Waals surface area (Å²) >= 11 is -2.10. The normalized spacial score (nSPS) is 32.5. The Morgan fingerprint density at radius 3 is 2.82 bits per heavy atom. The van der Waals surface area contributed by atoms with Gasteiger partial charge in [-0.2, -0.15) is 0 Å². The molecule has 1 saturated carbocycles. The molecule has 11 heavy (non-hydrogen) atoms. The fraction of sp³-hybridized carbons (Fsp3) is 0.714. The molecule has 0 radical (unpaired) electrons. The van der Waals surface area contributed by atoms with Gasteiger partial charge in [-0.15, -0.1) is 6.58 Å². The fourth-order valence-electron chi connectivity index (χ4n) is 1.34. The van der Waals surface area contributed by atoms with E-state index in [2.05, 4.69) is 11.3 Å². The number of hydrogen-bond acceptors (Lipinski definition) is 2. The molecule has 3 nitrogen and oxygen atoms in total. The lowest BCUT2D eigenvalue weighted by atomic mass is 9.78. The van der Waals surface area contributed by atoms with Crippen molar-refractivity contribution in [3.05, 3.63) is 12.7 Å². The highest BCUT2D eigenvalue weighted by Crippen LogP contribution is 2.30. The Labute approximate surface area is 69.3 Å². The van der Waals surface area contributed by atoms with Crippen LogP contribution in [-0.4, -0.2) is 14.8 Å². The molecule has 0 heterocycles. The van der Waals surface area contributed by atoms with E-state index in [0.29, 0.717) is 5.92 Å². The molecule has 64 valence electrons. The van der Waals surface area contributed by atoms with Crippen molar-refractivity contribution in [2.24, 2.45) is 5.92 Å². The molecule has 0 bridgehead atoms. The molecule has 0 aromatic heterocycles. The van der Waals surface area contributed by atoms with E-state index in [-0.39, 0.29) is 6.04 Å². The van der Waals surface area contributed by atoms with E-state index in [1.807, 2.05) is 6.08 Å². The van der Waals surface area contributed by atoms with Crippen molar-refractivity contribution in [1.82, 2.24) is 4.72 Å². The molecule has 1 fully saturated rings. The van der Waals surface area contributed by atoms with Gasteiger partial charge in [-0.3, -0.25) is 4.21 Å². The Hall–Kier alpha value is -0.190. The average Bonchev–Trinajstić information content (AvgIpc) is 1.93. The molecule has 0 aromatic rings. The van der Waals surface area contributed by atoms with E-state index >= 15 is 0 Å². The molecular weight excluding hydrogens is 162 g/mol. The summed E-state index contributed by atoms with van der Waals surface area (Å²) in [5.41, 5.74) is 0. The summed E-state index contributed by atoms with van der Waals surface area (Å²) in [4.78, 5) is 0. The van der Waals surface area contributed by atoms with Crippen LogP contribution in [0.3, 0.4) is 0 Å². The molecule has 1 aliphatic rings. The first kappa shape index (κ1) is 8.90. The predicted octanol–water partition coefficient (Wildman–Crippen LogP) is 0.725. The number of hydrogen-bond donors (Lipinski definition) is 1. The highest BCUT2D eigenvalue weighted by molar-refractivity contribution is 7.77. The minimum Gasteiger partial charge on any atom is -0.760 e. The lowest BCUT2D eigenvalue weighted by molar-refractivity contribution is 0.238. The zero-order valence-electron chi connectivity index (χ0n) is 6.29. The van der Waals surface area contributed by atoms with Gasteiger partial charge in [0.25, 0.3) is 0 Å². The van der Waals surface area contributed by atoms with E-state index in [0.717, 1.165) is 19.3 Å². The predicted molar refractivity (Wildman–Crippen MR) is 43.4 cm³/mol. The minimum atomic E-state index is -2.10. The van der Waals surface area contributed by atoms with Crippen LogP contribution >= 0.6 is 0 Å². The Balaban J connectivity index is 2.25. The molecule has 1 unspecified atom stereocenters. The van der Waals surface area contributed by atoms with Crippen LogP contribution in [0.2, 0.25) is 0 Å². The maximum atomic E-state index is 10.2. The Kier molecular flexibility index (Phi) is 3.23. The molecule has 0 aromatic carbocycles. The van der Waals surface area contributed by atoms with Crippen LogP contribution in [0.5, 0.6) is 0 Å². The smallest absolute Gasteiger partial charge is 0.0215 e. The maximum Gasteiger partial charge on any atom is 0.0215 e. The average molecular weight is 174 g/mol. The zero-order chi connectivity index (χ0) is 8.27. The SMILES string of the molecule is C=CC[C@H]1CC[C@@H]1NS(=O)[O-]. The van der Waals surface area contributed by atoms with Crippen LogP contribution in [0.15, 0.2) is 12.7 Å². The summed E-state index contributed by atoms with van der Waals surface area (Å²) in [5, 5.41) is 0. The van der Waals surface area contributed by atoms with Gasteiger partial charge in [0.1, 0.15) is 0 Å². The molecule has 0 saturated heterocycles. The van der Waals surface area contributed by atoms with Crippen LogP contribution in [0.25, 0.3) is 0 Å². The third-order valence-corrected chi connectivity index (χ3v) is 2.63. The van der Waals surface area contributed by atoms with Crippen LogP contribution in [0.1, 0.15) is 19.3 Å². The van der Waals surface area contributed by atoms with Crippen LogP contribution in [0.4, 0.5) is 0 Å². The van der Waals surface area contributed by atoms with Gasteiger partial charge in [0, 0.05) is 17.3 Å². The lowest BCUT2D eigenvalue weighted by Crippen LogP contribution is -2.44. The monoisotopic (exact) mass is 174 g/mol. The second kappa shape index (κ2) is 3.99. The Morgan fingerprint density at radius 1 is 1.73 bits per heavy atom. The standard InChI is InChI=1S/C7H13NO2S/c1-2-3-6-4-5-7(6)8-11(9)10/h2,6-8H,1,3-5H2,(H,9,10)/p-1/t6-,7-/m0/s1. The van der Waals surface area contributed by atoms with Gasteiger partial charge in [-0.05, 0) is 25.2 Å². The molecule has 1 aliphatic carbocycles. The summed E-state index contributed by atoms with van der Waals surface area (Å²) in [6.45, 7) is 3.61. The zero-order valence-corrected chi connectivity index (χ0v) is 7.10. The summed E-state index contributed by atoms with van der Waals surface area (Å²) in [7, 11) is 0. The van der Waals surface area contributed by atoms with E-state index < -0.39 is 11.3 Å². The molecule has 1 N–H and O–H groups in total. The maximum absolute atomic E-state index is 10.2. The lowest BCUT2D eigenvalue weighted by Gasteiger charge is -2.37. The second-order valence-electron chi connectivity index (χ2n) is 2.82. The quantitative estimate of drug-likeness (QED) is 0.504. The molecule has 0 spiro atoms. The summed E-state index contributed by atoms with van der Waals surface area (Å²) in [6, 6.07) is 0.159. The molecule has 0 aliphatic heterocycles. The van der Waals surface area contributed by atoms with Gasteiger partial charge in [-0.1, -0.05) is 6.08 Å². The van der Waals surface area contributed by atoms with Gasteiger partial charge >= 0.3 is 0 Å². The molecular formula is C7H12NO2S-. The largest absolute Gasteiger partial charge is 0.760 e. The van der Waals surface area contributed by atoms with Crippen LogP contribution in [0, 0.1) is 5.92 Å². The van der Waals surface area contributed by atoms with Crippen molar-refractivity contribution in [2.75, 3.05) is 0 Å². The van der Waals surface area contributed by atoms with E-state index in [4.69, 9.17) is 0 Å². The topological polar surface area (TPSA) is 52.2 Å². The summed E-state index contributed by atoms with van der Waals surface area (Å²) < 4.78 is 22.9. The van der Waals surface area contributed by atoms with E-state index in [9.17, 15) is 8.76 Å². The first-order chi connectivity index (χ1) is 5.24. The second-order valence-corrected chi connectivity index (χ2v) is 3.53. The third kappa shape index (κ3) is 2.39. The highest BCUT2D eigenvalue weighted by atomic mass is 32.2. The van der Waals surface area contributed by atoms with Crippen LogP contribution in [-0.2, 0) is 11.3 Å². The van der Waals surface area contributed by atoms with Crippen molar-refractivity contribution in [3.63, 3.8) is 0 Å². The van der Waals surface area contributed by atoms with Crippen LogP contribution < -0.4 is 4.72 Å². The molecule has 1 rings (SSSR count). The Bertz CT molecular complexity index is 172. The molecule has 3 atom stereocenters.